The molecule has 1 atom stereocenters. The second-order valence-electron chi connectivity index (χ2n) is 5.61. The van der Waals surface area contributed by atoms with Crippen LogP contribution in [0.25, 0.3) is 0 Å². The van der Waals surface area contributed by atoms with E-state index < -0.39 is 16.1 Å². The van der Waals surface area contributed by atoms with Gasteiger partial charge in [0.1, 0.15) is 17.2 Å². The third kappa shape index (κ3) is 2.96. The molecule has 0 saturated carbocycles. The highest BCUT2D eigenvalue weighted by Gasteiger charge is 2.41. The molecule has 1 aliphatic heterocycles. The molecule has 1 fully saturated rings. The Hall–Kier alpha value is -1.78. The van der Waals surface area contributed by atoms with Gasteiger partial charge < -0.3 is 13.8 Å². The molecule has 0 aromatic carbocycles. The molecule has 2 aromatic rings. The van der Waals surface area contributed by atoms with Crippen molar-refractivity contribution in [1.29, 1.82) is 0 Å². The van der Waals surface area contributed by atoms with Crippen molar-refractivity contribution in [2.24, 2.45) is 0 Å². The van der Waals surface area contributed by atoms with E-state index in [1.165, 1.54) is 4.31 Å². The highest BCUT2D eigenvalue weighted by atomic mass is 32.2. The topological polar surface area (TPSA) is 112 Å². The second-order valence-corrected chi connectivity index (χ2v) is 7.44. The van der Waals surface area contributed by atoms with Crippen LogP contribution in [-0.4, -0.2) is 41.2 Å². The molecule has 3 heterocycles. The van der Waals surface area contributed by atoms with Crippen LogP contribution in [0.5, 0.6) is 0 Å². The SMILES string of the molecule is CCOCc1nc(C2CCCN2S(=O)(=O)c2c(C)noc2C)no1. The molecule has 10 heteroatoms. The molecule has 1 saturated heterocycles. The minimum absolute atomic E-state index is 0.118. The molecule has 3 rings (SSSR count). The van der Waals surface area contributed by atoms with E-state index in [9.17, 15) is 8.42 Å². The van der Waals surface area contributed by atoms with Crippen LogP contribution in [0.1, 0.15) is 49.0 Å². The van der Waals surface area contributed by atoms with Crippen molar-refractivity contribution in [2.45, 2.75) is 51.2 Å². The molecule has 24 heavy (non-hydrogen) atoms. The van der Waals surface area contributed by atoms with Gasteiger partial charge in [0.15, 0.2) is 11.6 Å². The van der Waals surface area contributed by atoms with Crippen LogP contribution < -0.4 is 0 Å². The summed E-state index contributed by atoms with van der Waals surface area (Å²) in [5.74, 6) is 0.981. The largest absolute Gasteiger partial charge is 0.372 e. The van der Waals surface area contributed by atoms with Crippen molar-refractivity contribution in [3.05, 3.63) is 23.2 Å². The maximum absolute atomic E-state index is 13.0. The average molecular weight is 356 g/mol. The van der Waals surface area contributed by atoms with E-state index in [1.807, 2.05) is 6.92 Å². The van der Waals surface area contributed by atoms with Gasteiger partial charge in [0, 0.05) is 13.2 Å². The number of aromatic nitrogens is 3. The number of hydrogen-bond acceptors (Lipinski definition) is 8. The first-order chi connectivity index (χ1) is 11.4. The molecule has 0 N–H and O–H groups in total. The Kier molecular flexibility index (Phi) is 4.70. The molecule has 0 amide bonds. The summed E-state index contributed by atoms with van der Waals surface area (Å²) < 4.78 is 42.8. The molecular formula is C14H20N4O5S. The number of aryl methyl sites for hydroxylation is 2. The lowest BCUT2D eigenvalue weighted by atomic mass is 10.2. The van der Waals surface area contributed by atoms with Crippen molar-refractivity contribution in [1.82, 2.24) is 19.6 Å². The van der Waals surface area contributed by atoms with Crippen molar-refractivity contribution in [3.63, 3.8) is 0 Å². The van der Waals surface area contributed by atoms with Gasteiger partial charge in [-0.2, -0.15) is 9.29 Å². The fourth-order valence-corrected chi connectivity index (χ4v) is 4.85. The summed E-state index contributed by atoms with van der Waals surface area (Å²) in [5, 5.41) is 7.67. The predicted molar refractivity (Wildman–Crippen MR) is 81.5 cm³/mol. The number of sulfonamides is 1. The summed E-state index contributed by atoms with van der Waals surface area (Å²) in [6.07, 6.45) is 1.36. The number of rotatable bonds is 6. The van der Waals surface area contributed by atoms with E-state index >= 15 is 0 Å². The number of ether oxygens (including phenoxy) is 1. The standard InChI is InChI=1S/C14H20N4O5S/c1-4-21-8-12-15-14(17-23-12)11-6-5-7-18(11)24(19,20)13-9(2)16-22-10(13)3/h11H,4-8H2,1-3H3. The van der Waals surface area contributed by atoms with E-state index in [-0.39, 0.29) is 17.3 Å². The summed E-state index contributed by atoms with van der Waals surface area (Å²) in [4.78, 5) is 4.39. The zero-order valence-corrected chi connectivity index (χ0v) is 14.7. The first-order valence-corrected chi connectivity index (χ1v) is 9.24. The van der Waals surface area contributed by atoms with Gasteiger partial charge in [-0.25, -0.2) is 8.42 Å². The lowest BCUT2D eigenvalue weighted by Crippen LogP contribution is -2.31. The summed E-state index contributed by atoms with van der Waals surface area (Å²) in [6.45, 7) is 6.22. The molecule has 1 aliphatic rings. The normalized spacial score (nSPS) is 19.2. The molecule has 0 aliphatic carbocycles. The maximum Gasteiger partial charge on any atom is 0.252 e. The Morgan fingerprint density at radius 1 is 1.29 bits per heavy atom. The maximum atomic E-state index is 13.0. The smallest absolute Gasteiger partial charge is 0.252 e. The van der Waals surface area contributed by atoms with Crippen molar-refractivity contribution in [3.8, 4) is 0 Å². The van der Waals surface area contributed by atoms with Crippen LogP contribution in [0, 0.1) is 13.8 Å². The van der Waals surface area contributed by atoms with E-state index in [0.717, 1.165) is 6.42 Å². The van der Waals surface area contributed by atoms with Gasteiger partial charge in [0.05, 0.1) is 6.04 Å². The van der Waals surface area contributed by atoms with E-state index in [4.69, 9.17) is 13.8 Å². The highest BCUT2D eigenvalue weighted by molar-refractivity contribution is 7.89. The minimum atomic E-state index is -3.74. The van der Waals surface area contributed by atoms with Gasteiger partial charge >= 0.3 is 0 Å². The van der Waals surface area contributed by atoms with Crippen LogP contribution >= 0.6 is 0 Å². The lowest BCUT2D eigenvalue weighted by molar-refractivity contribution is 0.109. The average Bonchev–Trinajstić information content (AvgIpc) is 3.24. The van der Waals surface area contributed by atoms with Crippen molar-refractivity contribution < 1.29 is 22.2 Å². The fraction of sp³-hybridized carbons (Fsp3) is 0.643. The van der Waals surface area contributed by atoms with E-state index in [2.05, 4.69) is 15.3 Å². The van der Waals surface area contributed by atoms with Gasteiger partial charge in [-0.1, -0.05) is 10.3 Å². The monoisotopic (exact) mass is 356 g/mol. The molecule has 2 aromatic heterocycles. The van der Waals surface area contributed by atoms with Gasteiger partial charge in [0.2, 0.25) is 10.0 Å². The van der Waals surface area contributed by atoms with Gasteiger partial charge in [-0.05, 0) is 33.6 Å². The Bertz CT molecular complexity index is 793. The first-order valence-electron chi connectivity index (χ1n) is 7.80. The van der Waals surface area contributed by atoms with Crippen LogP contribution in [0.15, 0.2) is 13.9 Å². The van der Waals surface area contributed by atoms with Gasteiger partial charge in [-0.15, -0.1) is 0 Å². The van der Waals surface area contributed by atoms with E-state index in [0.29, 0.717) is 37.0 Å². The van der Waals surface area contributed by atoms with Gasteiger partial charge in [-0.3, -0.25) is 0 Å². The fourth-order valence-electron chi connectivity index (χ4n) is 2.90. The highest BCUT2D eigenvalue weighted by Crippen LogP contribution is 2.36. The molecule has 0 radical (unpaired) electrons. The van der Waals surface area contributed by atoms with Crippen LogP contribution in [0.2, 0.25) is 0 Å². The van der Waals surface area contributed by atoms with E-state index in [1.54, 1.807) is 13.8 Å². The molecule has 1 unspecified atom stereocenters. The first kappa shape index (κ1) is 17.1. The summed E-state index contributed by atoms with van der Waals surface area (Å²) in [5.41, 5.74) is 0.350. The summed E-state index contributed by atoms with van der Waals surface area (Å²) in [6, 6.07) is -0.456. The van der Waals surface area contributed by atoms with Crippen LogP contribution in [0.4, 0.5) is 0 Å². The zero-order chi connectivity index (χ0) is 17.3. The third-order valence-electron chi connectivity index (χ3n) is 3.95. The molecule has 9 nitrogen and oxygen atoms in total. The zero-order valence-electron chi connectivity index (χ0n) is 13.9. The van der Waals surface area contributed by atoms with Crippen LogP contribution in [0.3, 0.4) is 0 Å². The Morgan fingerprint density at radius 3 is 2.75 bits per heavy atom. The van der Waals surface area contributed by atoms with Crippen molar-refractivity contribution >= 4 is 10.0 Å². The minimum Gasteiger partial charge on any atom is -0.372 e. The number of nitrogens with zero attached hydrogens (tertiary/aromatic N) is 4. The quantitative estimate of drug-likeness (QED) is 0.769. The third-order valence-corrected chi connectivity index (χ3v) is 6.10. The van der Waals surface area contributed by atoms with Crippen LogP contribution in [-0.2, 0) is 21.4 Å². The molecule has 0 spiro atoms. The molecule has 0 bridgehead atoms. The molecular weight excluding hydrogens is 336 g/mol. The lowest BCUT2D eigenvalue weighted by Gasteiger charge is -2.21. The Labute approximate surface area is 140 Å². The molecule has 132 valence electrons. The number of hydrogen-bond donors (Lipinski definition) is 0. The second kappa shape index (κ2) is 6.61. The van der Waals surface area contributed by atoms with Gasteiger partial charge in [0.25, 0.3) is 5.89 Å². The predicted octanol–water partition coefficient (Wildman–Crippen LogP) is 1.74. The Morgan fingerprint density at radius 2 is 2.08 bits per heavy atom. The summed E-state index contributed by atoms with van der Waals surface area (Å²) in [7, 11) is -3.74. The Balaban J connectivity index is 1.89. The van der Waals surface area contributed by atoms with Crippen molar-refractivity contribution in [2.75, 3.05) is 13.2 Å². The summed E-state index contributed by atoms with van der Waals surface area (Å²) >= 11 is 0.